The molecule has 1 fully saturated rings. The fourth-order valence-electron chi connectivity index (χ4n) is 3.63. The van der Waals surface area contributed by atoms with E-state index in [1.54, 1.807) is 7.05 Å². The molecule has 9 heteroatoms. The van der Waals surface area contributed by atoms with Gasteiger partial charge in [-0.2, -0.15) is 23.3 Å². The normalized spacial score (nSPS) is 15.9. The standard InChI is InChI=1S/C19H21F3N6/c1-28-16(23)14-15(11-7-9-12(10-8-11)19(20,21)22)25-18(26-17(14)27-28)24-13-5-3-2-4-6-13/h7-10,13H,2-6,23H2,1H3,(H,24,26,27). The molecule has 0 amide bonds. The van der Waals surface area contributed by atoms with Gasteiger partial charge < -0.3 is 11.1 Å². The molecule has 1 aliphatic carbocycles. The largest absolute Gasteiger partial charge is 0.416 e. The summed E-state index contributed by atoms with van der Waals surface area (Å²) >= 11 is 0. The molecule has 0 bridgehead atoms. The third-order valence-electron chi connectivity index (χ3n) is 5.16. The predicted octanol–water partition coefficient (Wildman–Crippen LogP) is 4.38. The third-order valence-corrected chi connectivity index (χ3v) is 5.16. The molecule has 0 saturated heterocycles. The molecule has 6 nitrogen and oxygen atoms in total. The quantitative estimate of drug-likeness (QED) is 0.694. The van der Waals surface area contributed by atoms with E-state index in [1.165, 1.54) is 23.2 Å². The summed E-state index contributed by atoms with van der Waals surface area (Å²) in [5, 5.41) is 8.22. The molecule has 28 heavy (non-hydrogen) atoms. The smallest absolute Gasteiger partial charge is 0.383 e. The first kappa shape index (κ1) is 18.5. The van der Waals surface area contributed by atoms with Crippen LogP contribution in [-0.2, 0) is 13.2 Å². The topological polar surface area (TPSA) is 81.7 Å². The summed E-state index contributed by atoms with van der Waals surface area (Å²) < 4.78 is 40.2. The summed E-state index contributed by atoms with van der Waals surface area (Å²) in [4.78, 5) is 9.07. The molecular formula is C19H21F3N6. The molecule has 0 radical (unpaired) electrons. The van der Waals surface area contributed by atoms with Crippen molar-refractivity contribution in [3.8, 4) is 11.3 Å². The van der Waals surface area contributed by atoms with Crippen molar-refractivity contribution in [3.63, 3.8) is 0 Å². The van der Waals surface area contributed by atoms with Crippen LogP contribution >= 0.6 is 0 Å². The fourth-order valence-corrected chi connectivity index (χ4v) is 3.63. The Labute approximate surface area is 160 Å². The van der Waals surface area contributed by atoms with Crippen LogP contribution in [0.15, 0.2) is 24.3 Å². The van der Waals surface area contributed by atoms with E-state index in [4.69, 9.17) is 5.73 Å². The monoisotopic (exact) mass is 390 g/mol. The first-order valence-corrected chi connectivity index (χ1v) is 9.27. The lowest BCUT2D eigenvalue weighted by molar-refractivity contribution is -0.137. The van der Waals surface area contributed by atoms with Crippen LogP contribution in [0.4, 0.5) is 24.9 Å². The Hall–Kier alpha value is -2.84. The molecule has 0 atom stereocenters. The Kier molecular flexibility index (Phi) is 4.60. The zero-order valence-electron chi connectivity index (χ0n) is 15.4. The number of nitrogens with one attached hydrogen (secondary N) is 1. The number of aryl methyl sites for hydroxylation is 1. The molecule has 4 rings (SSSR count). The van der Waals surface area contributed by atoms with Crippen molar-refractivity contribution in [1.82, 2.24) is 19.7 Å². The number of alkyl halides is 3. The number of rotatable bonds is 3. The summed E-state index contributed by atoms with van der Waals surface area (Å²) in [5.41, 5.74) is 6.85. The minimum absolute atomic E-state index is 0.285. The molecule has 1 saturated carbocycles. The van der Waals surface area contributed by atoms with Crippen LogP contribution in [-0.4, -0.2) is 25.8 Å². The van der Waals surface area contributed by atoms with Crippen LogP contribution in [0, 0.1) is 0 Å². The van der Waals surface area contributed by atoms with Crippen LogP contribution in [0.5, 0.6) is 0 Å². The molecule has 2 heterocycles. The lowest BCUT2D eigenvalue weighted by Crippen LogP contribution is -2.23. The van der Waals surface area contributed by atoms with E-state index >= 15 is 0 Å². The van der Waals surface area contributed by atoms with Crippen molar-refractivity contribution in [3.05, 3.63) is 29.8 Å². The van der Waals surface area contributed by atoms with Gasteiger partial charge in [0.15, 0.2) is 5.65 Å². The molecule has 0 aliphatic heterocycles. The number of nitrogens with zero attached hydrogens (tertiary/aromatic N) is 4. The van der Waals surface area contributed by atoms with Gasteiger partial charge in [-0.3, -0.25) is 4.68 Å². The summed E-state index contributed by atoms with van der Waals surface area (Å²) in [5.74, 6) is 0.793. The van der Waals surface area contributed by atoms with Crippen molar-refractivity contribution in [2.45, 2.75) is 44.3 Å². The van der Waals surface area contributed by atoms with Crippen LogP contribution in [0.2, 0.25) is 0 Å². The summed E-state index contributed by atoms with van der Waals surface area (Å²) in [7, 11) is 1.70. The Morgan fingerprint density at radius 2 is 1.75 bits per heavy atom. The Morgan fingerprint density at radius 1 is 1.07 bits per heavy atom. The van der Waals surface area contributed by atoms with Gasteiger partial charge in [0, 0.05) is 18.7 Å². The number of nitrogen functional groups attached to an aromatic ring is 1. The highest BCUT2D eigenvalue weighted by molar-refractivity contribution is 5.98. The number of anilines is 2. The Morgan fingerprint density at radius 3 is 2.39 bits per heavy atom. The molecule has 1 aliphatic rings. The van der Waals surface area contributed by atoms with Crippen molar-refractivity contribution >= 4 is 22.8 Å². The molecule has 3 N–H and O–H groups in total. The van der Waals surface area contributed by atoms with Gasteiger partial charge in [-0.15, -0.1) is 0 Å². The average molecular weight is 390 g/mol. The van der Waals surface area contributed by atoms with Crippen molar-refractivity contribution in [1.29, 1.82) is 0 Å². The fraction of sp³-hybridized carbons (Fsp3) is 0.421. The van der Waals surface area contributed by atoms with Crippen molar-refractivity contribution in [2.75, 3.05) is 11.1 Å². The van der Waals surface area contributed by atoms with Crippen molar-refractivity contribution < 1.29 is 13.2 Å². The average Bonchev–Trinajstić information content (AvgIpc) is 2.95. The summed E-state index contributed by atoms with van der Waals surface area (Å²) in [6.07, 6.45) is 1.24. The van der Waals surface area contributed by atoms with E-state index in [1.807, 2.05) is 0 Å². The number of hydrogen-bond acceptors (Lipinski definition) is 5. The molecule has 0 unspecified atom stereocenters. The van der Waals surface area contributed by atoms with E-state index in [9.17, 15) is 13.2 Å². The lowest BCUT2D eigenvalue weighted by Gasteiger charge is -2.22. The van der Waals surface area contributed by atoms with Crippen molar-refractivity contribution in [2.24, 2.45) is 7.05 Å². The van der Waals surface area contributed by atoms with Gasteiger partial charge >= 0.3 is 6.18 Å². The van der Waals surface area contributed by atoms with E-state index in [0.29, 0.717) is 34.1 Å². The first-order chi connectivity index (χ1) is 13.3. The zero-order chi connectivity index (χ0) is 19.9. The highest BCUT2D eigenvalue weighted by atomic mass is 19.4. The highest BCUT2D eigenvalue weighted by Gasteiger charge is 2.30. The molecule has 2 aromatic heterocycles. The third kappa shape index (κ3) is 3.48. The van der Waals surface area contributed by atoms with Crippen LogP contribution < -0.4 is 11.1 Å². The maximum atomic E-state index is 12.9. The number of halogens is 3. The molecule has 0 spiro atoms. The number of hydrogen-bond donors (Lipinski definition) is 2. The van der Waals surface area contributed by atoms with Gasteiger partial charge in [0.1, 0.15) is 5.82 Å². The Bertz CT molecular complexity index is 988. The number of fused-ring (bicyclic) bond motifs is 1. The van der Waals surface area contributed by atoms with Gasteiger partial charge in [-0.1, -0.05) is 31.4 Å². The number of nitrogens with two attached hydrogens (primary N) is 1. The van der Waals surface area contributed by atoms with Crippen LogP contribution in [0.3, 0.4) is 0 Å². The van der Waals surface area contributed by atoms with E-state index in [2.05, 4.69) is 20.4 Å². The van der Waals surface area contributed by atoms with Gasteiger partial charge in [-0.25, -0.2) is 4.98 Å². The Balaban J connectivity index is 1.78. The molecule has 148 valence electrons. The molecule has 3 aromatic rings. The minimum Gasteiger partial charge on any atom is -0.383 e. The first-order valence-electron chi connectivity index (χ1n) is 9.27. The van der Waals surface area contributed by atoms with Crippen LogP contribution in [0.1, 0.15) is 37.7 Å². The van der Waals surface area contributed by atoms with Crippen LogP contribution in [0.25, 0.3) is 22.3 Å². The summed E-state index contributed by atoms with van der Waals surface area (Å²) in [6.45, 7) is 0. The summed E-state index contributed by atoms with van der Waals surface area (Å²) in [6, 6.07) is 5.18. The second-order valence-corrected chi connectivity index (χ2v) is 7.16. The predicted molar refractivity (Wildman–Crippen MR) is 102 cm³/mol. The number of benzene rings is 1. The minimum atomic E-state index is -4.39. The van der Waals surface area contributed by atoms with Gasteiger partial charge in [0.2, 0.25) is 5.95 Å². The van der Waals surface area contributed by atoms with Gasteiger partial charge in [0.25, 0.3) is 0 Å². The van der Waals surface area contributed by atoms with E-state index < -0.39 is 11.7 Å². The second-order valence-electron chi connectivity index (χ2n) is 7.16. The van der Waals surface area contributed by atoms with Gasteiger partial charge in [-0.05, 0) is 25.0 Å². The highest BCUT2D eigenvalue weighted by Crippen LogP contribution is 2.34. The SMILES string of the molecule is Cn1nc2nc(NC3CCCCC3)nc(-c3ccc(C(F)(F)F)cc3)c2c1N. The maximum absolute atomic E-state index is 12.9. The molecular weight excluding hydrogens is 369 g/mol. The van der Waals surface area contributed by atoms with E-state index in [0.717, 1.165) is 37.8 Å². The van der Waals surface area contributed by atoms with Gasteiger partial charge in [0.05, 0.1) is 16.6 Å². The zero-order valence-corrected chi connectivity index (χ0v) is 15.4. The number of aromatic nitrogens is 4. The lowest BCUT2D eigenvalue weighted by atomic mass is 9.96. The molecule has 1 aromatic carbocycles. The van der Waals surface area contributed by atoms with E-state index in [-0.39, 0.29) is 6.04 Å². The second kappa shape index (κ2) is 6.96. The maximum Gasteiger partial charge on any atom is 0.416 e.